The summed E-state index contributed by atoms with van der Waals surface area (Å²) in [4.78, 5) is 37.7. The molecule has 0 aliphatic rings. The van der Waals surface area contributed by atoms with Crippen LogP contribution in [0.25, 0.3) is 0 Å². The highest BCUT2D eigenvalue weighted by Gasteiger charge is 2.13. The summed E-state index contributed by atoms with van der Waals surface area (Å²) in [5.74, 6) is -0.0643. The molecule has 1 unspecified atom stereocenters. The molecule has 0 saturated heterocycles. The van der Waals surface area contributed by atoms with Gasteiger partial charge >= 0.3 is 5.97 Å². The molecule has 2 aromatic rings. The summed E-state index contributed by atoms with van der Waals surface area (Å²) in [5.41, 5.74) is -0.129. The molecule has 42 heavy (non-hydrogen) atoms. The molecule has 0 heterocycles. The number of para-hydroxylation sites is 1. The third-order valence-electron chi connectivity index (χ3n) is 7.48. The molecule has 0 aromatic heterocycles. The van der Waals surface area contributed by atoms with Gasteiger partial charge in [0.2, 0.25) is 0 Å². The first-order chi connectivity index (χ1) is 20.5. The Bertz CT molecular complexity index is 1070. The van der Waals surface area contributed by atoms with E-state index in [1.54, 1.807) is 0 Å². The van der Waals surface area contributed by atoms with Gasteiger partial charge in [-0.3, -0.25) is 9.59 Å². The van der Waals surface area contributed by atoms with E-state index in [0.717, 1.165) is 44.3 Å². The van der Waals surface area contributed by atoms with E-state index >= 15 is 0 Å². The zero-order valence-electron chi connectivity index (χ0n) is 26.0. The molecule has 0 bridgehead atoms. The molecule has 0 aliphatic heterocycles. The van der Waals surface area contributed by atoms with Crippen molar-refractivity contribution in [2.24, 2.45) is 0 Å². The van der Waals surface area contributed by atoms with Gasteiger partial charge in [0.1, 0.15) is 5.75 Å². The van der Waals surface area contributed by atoms with E-state index < -0.39 is 17.3 Å². The molecule has 1 N–H and O–H groups in total. The Morgan fingerprint density at radius 3 is 1.95 bits per heavy atom. The fourth-order valence-electron chi connectivity index (χ4n) is 4.92. The van der Waals surface area contributed by atoms with Crippen LogP contribution in [-0.4, -0.2) is 31.1 Å². The van der Waals surface area contributed by atoms with Gasteiger partial charge in [-0.25, -0.2) is 4.79 Å². The van der Waals surface area contributed by atoms with Crippen molar-refractivity contribution in [3.63, 3.8) is 0 Å². The fourth-order valence-corrected chi connectivity index (χ4v) is 4.92. The minimum atomic E-state index is -0.507. The Labute approximate surface area is 253 Å². The summed E-state index contributed by atoms with van der Waals surface area (Å²) < 4.78 is 11.6. The van der Waals surface area contributed by atoms with Crippen molar-refractivity contribution >= 4 is 11.9 Å². The van der Waals surface area contributed by atoms with Crippen molar-refractivity contribution < 1.29 is 19.1 Å². The van der Waals surface area contributed by atoms with Gasteiger partial charge in [0.15, 0.2) is 5.43 Å². The van der Waals surface area contributed by atoms with Crippen molar-refractivity contribution in [3.8, 4) is 5.75 Å². The minimum Gasteiger partial charge on any atom is -0.490 e. The number of rotatable bonds is 23. The summed E-state index contributed by atoms with van der Waals surface area (Å²) in [5, 5.41) is 2.85. The predicted octanol–water partition coefficient (Wildman–Crippen LogP) is 8.66. The zero-order valence-corrected chi connectivity index (χ0v) is 26.0. The number of hydrogen-bond donors (Lipinski definition) is 1. The molecule has 2 rings (SSSR count). The largest absolute Gasteiger partial charge is 0.490 e. The van der Waals surface area contributed by atoms with Crippen LogP contribution in [0.2, 0.25) is 0 Å². The number of benzene rings is 1. The van der Waals surface area contributed by atoms with Crippen molar-refractivity contribution in [3.05, 3.63) is 75.9 Å². The standard InChI is InChI=1S/C36H53NO5/c1-3-5-7-8-9-10-11-12-13-14-18-28-37-35(39)33-26-24-30(25-27-34(33)38)36(40)41-29-19-23-31(20-6-4-2)42-32-21-16-15-17-22-32/h15-17,21-22,24-27,31H,3-14,18-20,23,28-29H2,1-2H3,(H,37,39). The van der Waals surface area contributed by atoms with E-state index in [9.17, 15) is 14.4 Å². The number of ether oxygens (including phenoxy) is 2. The summed E-state index contributed by atoms with van der Waals surface area (Å²) in [6.45, 7) is 5.20. The second kappa shape index (κ2) is 22.4. The highest BCUT2D eigenvalue weighted by Crippen LogP contribution is 2.18. The summed E-state index contributed by atoms with van der Waals surface area (Å²) in [7, 11) is 0. The number of unbranched alkanes of at least 4 members (excludes halogenated alkanes) is 11. The number of hydrogen-bond acceptors (Lipinski definition) is 5. The molecule has 6 nitrogen and oxygen atoms in total. The maximum Gasteiger partial charge on any atom is 0.338 e. The zero-order chi connectivity index (χ0) is 30.3. The van der Waals surface area contributed by atoms with Crippen LogP contribution >= 0.6 is 0 Å². The molecule has 1 atom stereocenters. The molecule has 2 aromatic carbocycles. The van der Waals surface area contributed by atoms with E-state index in [-0.39, 0.29) is 23.8 Å². The Hall–Kier alpha value is -3.15. The van der Waals surface area contributed by atoms with Gasteiger partial charge in [0, 0.05) is 6.54 Å². The average Bonchev–Trinajstić information content (AvgIpc) is 3.20. The maximum atomic E-state index is 12.6. The highest BCUT2D eigenvalue weighted by molar-refractivity contribution is 5.95. The van der Waals surface area contributed by atoms with E-state index in [0.29, 0.717) is 13.0 Å². The number of esters is 1. The predicted molar refractivity (Wildman–Crippen MR) is 171 cm³/mol. The first kappa shape index (κ1) is 35.0. The summed E-state index contributed by atoms with van der Waals surface area (Å²) in [6.07, 6.45) is 18.3. The van der Waals surface area contributed by atoms with E-state index in [2.05, 4.69) is 19.2 Å². The van der Waals surface area contributed by atoms with Crippen LogP contribution in [0.4, 0.5) is 0 Å². The van der Waals surface area contributed by atoms with Gasteiger partial charge in [-0.2, -0.15) is 0 Å². The van der Waals surface area contributed by atoms with Crippen LogP contribution in [0.3, 0.4) is 0 Å². The topological polar surface area (TPSA) is 81.7 Å². The molecule has 0 spiro atoms. The summed E-state index contributed by atoms with van der Waals surface area (Å²) >= 11 is 0. The third kappa shape index (κ3) is 15.2. The Morgan fingerprint density at radius 1 is 0.690 bits per heavy atom. The lowest BCUT2D eigenvalue weighted by molar-refractivity contribution is 0.0480. The van der Waals surface area contributed by atoms with Crippen LogP contribution in [0.5, 0.6) is 5.75 Å². The van der Waals surface area contributed by atoms with Gasteiger partial charge in [-0.1, -0.05) is 109 Å². The first-order valence-electron chi connectivity index (χ1n) is 16.4. The molecule has 0 saturated carbocycles. The summed E-state index contributed by atoms with van der Waals surface area (Å²) in [6, 6.07) is 15.4. The molecular formula is C36H53NO5. The van der Waals surface area contributed by atoms with Gasteiger partial charge in [0.05, 0.1) is 23.8 Å². The molecule has 1 amide bonds. The van der Waals surface area contributed by atoms with Crippen molar-refractivity contribution in [2.45, 2.75) is 123 Å². The number of nitrogens with one attached hydrogen (secondary N) is 1. The van der Waals surface area contributed by atoms with Gasteiger partial charge in [0.25, 0.3) is 5.91 Å². The van der Waals surface area contributed by atoms with Gasteiger partial charge < -0.3 is 14.8 Å². The monoisotopic (exact) mass is 579 g/mol. The van der Waals surface area contributed by atoms with Crippen LogP contribution < -0.4 is 15.5 Å². The molecule has 232 valence electrons. The Balaban J connectivity index is 1.69. The van der Waals surface area contributed by atoms with E-state index in [1.165, 1.54) is 82.1 Å². The molecule has 0 aliphatic carbocycles. The van der Waals surface area contributed by atoms with Crippen LogP contribution in [0.1, 0.15) is 137 Å². The van der Waals surface area contributed by atoms with Crippen molar-refractivity contribution in [1.29, 1.82) is 0 Å². The molecule has 0 fully saturated rings. The van der Waals surface area contributed by atoms with Crippen LogP contribution in [0.15, 0.2) is 59.4 Å². The van der Waals surface area contributed by atoms with Gasteiger partial charge in [-0.05, 0) is 62.1 Å². The Morgan fingerprint density at radius 2 is 1.29 bits per heavy atom. The van der Waals surface area contributed by atoms with Crippen LogP contribution in [-0.2, 0) is 4.74 Å². The van der Waals surface area contributed by atoms with Gasteiger partial charge in [-0.15, -0.1) is 0 Å². The number of amides is 1. The first-order valence-corrected chi connectivity index (χ1v) is 16.4. The Kier molecular flexibility index (Phi) is 18.7. The molecular weight excluding hydrogens is 526 g/mol. The quantitative estimate of drug-likeness (QED) is 0.105. The normalized spacial score (nSPS) is 11.6. The van der Waals surface area contributed by atoms with Crippen molar-refractivity contribution in [2.75, 3.05) is 13.2 Å². The third-order valence-corrected chi connectivity index (χ3v) is 7.48. The second-order valence-corrected chi connectivity index (χ2v) is 11.2. The lowest BCUT2D eigenvalue weighted by atomic mass is 10.1. The van der Waals surface area contributed by atoms with E-state index in [4.69, 9.17) is 9.47 Å². The van der Waals surface area contributed by atoms with Crippen LogP contribution in [0, 0.1) is 0 Å². The second-order valence-electron chi connectivity index (χ2n) is 11.2. The molecule has 0 radical (unpaired) electrons. The lowest BCUT2D eigenvalue weighted by Gasteiger charge is -2.19. The average molecular weight is 580 g/mol. The lowest BCUT2D eigenvalue weighted by Crippen LogP contribution is -2.28. The van der Waals surface area contributed by atoms with Crippen molar-refractivity contribution in [1.82, 2.24) is 5.32 Å². The number of carbonyl (C=O) groups is 2. The minimum absolute atomic E-state index is 0.0361. The maximum absolute atomic E-state index is 12.6. The smallest absolute Gasteiger partial charge is 0.338 e. The SMILES string of the molecule is CCCCCCCCCCCCCNC(=O)c1ccc(C(=O)OCCCC(CCCC)Oc2ccccc2)ccc1=O. The number of carbonyl (C=O) groups excluding carboxylic acids is 2. The fraction of sp³-hybridized carbons (Fsp3) is 0.583. The van der Waals surface area contributed by atoms with E-state index in [1.807, 2.05) is 30.3 Å². The molecule has 6 heteroatoms. The highest BCUT2D eigenvalue weighted by atomic mass is 16.5.